The number of imidazole rings is 1. The molecule has 106 valence electrons. The van der Waals surface area contributed by atoms with Crippen molar-refractivity contribution in [2.45, 2.75) is 6.54 Å². The number of rotatable bonds is 4. The molecule has 1 heterocycles. The van der Waals surface area contributed by atoms with Gasteiger partial charge in [-0.25, -0.2) is 9.78 Å². The molecule has 0 bridgehead atoms. The minimum absolute atomic E-state index is 0.232. The van der Waals surface area contributed by atoms with Gasteiger partial charge >= 0.3 is 5.97 Å². The molecule has 2 aromatic carbocycles. The number of anilines is 1. The monoisotopic (exact) mass is 301 g/mol. The third-order valence-corrected chi connectivity index (χ3v) is 3.35. The van der Waals surface area contributed by atoms with Crippen LogP contribution in [0.25, 0.3) is 11.0 Å². The van der Waals surface area contributed by atoms with E-state index >= 15 is 0 Å². The fourth-order valence-electron chi connectivity index (χ4n) is 2.01. The third kappa shape index (κ3) is 2.98. The molecule has 0 atom stereocenters. The second kappa shape index (κ2) is 5.46. The number of aromatic carboxylic acids is 1. The van der Waals surface area contributed by atoms with Gasteiger partial charge in [-0.15, -0.1) is 0 Å². The minimum atomic E-state index is -0.956. The van der Waals surface area contributed by atoms with Crippen LogP contribution in [0.4, 0.5) is 5.95 Å². The van der Waals surface area contributed by atoms with Crippen molar-refractivity contribution in [3.05, 3.63) is 58.6 Å². The summed E-state index contributed by atoms with van der Waals surface area (Å²) in [5.74, 6) is -0.357. The molecular formula is C15H12ClN3O2. The molecule has 6 heteroatoms. The van der Waals surface area contributed by atoms with Crippen LogP contribution in [-0.4, -0.2) is 21.0 Å². The fraction of sp³-hybridized carbons (Fsp3) is 0.0667. The molecule has 0 amide bonds. The molecule has 0 spiro atoms. The molecule has 0 unspecified atom stereocenters. The largest absolute Gasteiger partial charge is 0.478 e. The smallest absolute Gasteiger partial charge is 0.335 e. The van der Waals surface area contributed by atoms with Gasteiger partial charge in [0.15, 0.2) is 0 Å². The summed E-state index contributed by atoms with van der Waals surface area (Å²) in [6.07, 6.45) is 0. The molecule has 0 radical (unpaired) electrons. The predicted octanol–water partition coefficient (Wildman–Crippen LogP) is 3.53. The number of nitrogens with zero attached hydrogens (tertiary/aromatic N) is 1. The molecule has 21 heavy (non-hydrogen) atoms. The highest BCUT2D eigenvalue weighted by molar-refractivity contribution is 6.30. The first-order valence-electron chi connectivity index (χ1n) is 6.33. The van der Waals surface area contributed by atoms with Crippen molar-refractivity contribution >= 4 is 34.6 Å². The number of aromatic nitrogens is 2. The maximum Gasteiger partial charge on any atom is 0.335 e. The number of H-pyrrole nitrogens is 1. The van der Waals surface area contributed by atoms with E-state index in [-0.39, 0.29) is 5.56 Å². The van der Waals surface area contributed by atoms with Crippen LogP contribution in [-0.2, 0) is 6.54 Å². The normalized spacial score (nSPS) is 10.7. The van der Waals surface area contributed by atoms with Crippen molar-refractivity contribution < 1.29 is 9.90 Å². The first kappa shape index (κ1) is 13.5. The van der Waals surface area contributed by atoms with E-state index in [4.69, 9.17) is 16.7 Å². The average molecular weight is 302 g/mol. The van der Waals surface area contributed by atoms with Gasteiger partial charge in [0.1, 0.15) is 0 Å². The van der Waals surface area contributed by atoms with Gasteiger partial charge in [-0.2, -0.15) is 0 Å². The number of halogens is 1. The second-order valence-electron chi connectivity index (χ2n) is 4.60. The number of fused-ring (bicyclic) bond motifs is 1. The summed E-state index contributed by atoms with van der Waals surface area (Å²) in [6, 6.07) is 12.3. The number of carboxylic acid groups (broad SMARTS) is 1. The summed E-state index contributed by atoms with van der Waals surface area (Å²) in [4.78, 5) is 18.3. The van der Waals surface area contributed by atoms with Gasteiger partial charge in [0.25, 0.3) is 0 Å². The molecule has 0 saturated heterocycles. The first-order valence-corrected chi connectivity index (χ1v) is 6.71. The van der Waals surface area contributed by atoms with Gasteiger partial charge in [0.2, 0.25) is 5.95 Å². The molecule has 3 aromatic rings. The number of carbonyl (C=O) groups is 1. The number of hydrogen-bond acceptors (Lipinski definition) is 3. The third-order valence-electron chi connectivity index (χ3n) is 3.10. The molecule has 3 rings (SSSR count). The number of hydrogen-bond donors (Lipinski definition) is 3. The number of carboxylic acids is 1. The first-order chi connectivity index (χ1) is 10.1. The lowest BCUT2D eigenvalue weighted by atomic mass is 10.2. The van der Waals surface area contributed by atoms with Crippen molar-refractivity contribution in [1.82, 2.24) is 9.97 Å². The maximum atomic E-state index is 10.9. The van der Waals surface area contributed by atoms with Crippen molar-refractivity contribution in [3.63, 3.8) is 0 Å². The highest BCUT2D eigenvalue weighted by atomic mass is 35.5. The Morgan fingerprint density at radius 2 is 2.00 bits per heavy atom. The van der Waals surface area contributed by atoms with Gasteiger partial charge in [-0.05, 0) is 35.9 Å². The van der Waals surface area contributed by atoms with Crippen molar-refractivity contribution in [1.29, 1.82) is 0 Å². The van der Waals surface area contributed by atoms with Crippen LogP contribution in [0.15, 0.2) is 42.5 Å². The van der Waals surface area contributed by atoms with Crippen LogP contribution >= 0.6 is 11.6 Å². The van der Waals surface area contributed by atoms with Crippen LogP contribution in [0, 0.1) is 0 Å². The Balaban J connectivity index is 1.78. The Bertz CT molecular complexity index is 796. The molecule has 0 saturated carbocycles. The molecular weight excluding hydrogens is 290 g/mol. The standard InChI is InChI=1S/C15H12ClN3O2/c16-11-4-1-9(2-5-11)8-17-15-18-12-6-3-10(14(20)21)7-13(12)19-15/h1-7H,8H2,(H,20,21)(H2,17,18,19). The van der Waals surface area contributed by atoms with E-state index in [1.807, 2.05) is 24.3 Å². The molecule has 5 nitrogen and oxygen atoms in total. The van der Waals surface area contributed by atoms with E-state index in [2.05, 4.69) is 15.3 Å². The van der Waals surface area contributed by atoms with Crippen molar-refractivity contribution in [3.8, 4) is 0 Å². The summed E-state index contributed by atoms with van der Waals surface area (Å²) >= 11 is 5.84. The lowest BCUT2D eigenvalue weighted by molar-refractivity contribution is 0.0697. The van der Waals surface area contributed by atoms with Crippen molar-refractivity contribution in [2.75, 3.05) is 5.32 Å². The highest BCUT2D eigenvalue weighted by Crippen LogP contribution is 2.17. The van der Waals surface area contributed by atoms with Crippen LogP contribution in [0.3, 0.4) is 0 Å². The molecule has 3 N–H and O–H groups in total. The topological polar surface area (TPSA) is 78.0 Å². The average Bonchev–Trinajstić information content (AvgIpc) is 2.88. The van der Waals surface area contributed by atoms with Gasteiger partial charge < -0.3 is 15.4 Å². The Morgan fingerprint density at radius 3 is 2.71 bits per heavy atom. The summed E-state index contributed by atoms with van der Waals surface area (Å²) in [5, 5.41) is 12.8. The Morgan fingerprint density at radius 1 is 1.24 bits per heavy atom. The fourth-order valence-corrected chi connectivity index (χ4v) is 2.14. The molecule has 0 aliphatic heterocycles. The summed E-state index contributed by atoms with van der Waals surface area (Å²) in [7, 11) is 0. The van der Waals surface area contributed by atoms with Crippen LogP contribution < -0.4 is 5.32 Å². The zero-order valence-electron chi connectivity index (χ0n) is 10.9. The second-order valence-corrected chi connectivity index (χ2v) is 5.04. The predicted molar refractivity (Wildman–Crippen MR) is 81.8 cm³/mol. The summed E-state index contributed by atoms with van der Waals surface area (Å²) in [5.41, 5.74) is 2.72. The van der Waals surface area contributed by atoms with Gasteiger partial charge in [0.05, 0.1) is 16.6 Å². The van der Waals surface area contributed by atoms with Crippen LogP contribution in [0.5, 0.6) is 0 Å². The summed E-state index contributed by atoms with van der Waals surface area (Å²) < 4.78 is 0. The van der Waals surface area contributed by atoms with Gasteiger partial charge in [-0.1, -0.05) is 23.7 Å². The Hall–Kier alpha value is -2.53. The molecule has 0 aliphatic carbocycles. The van der Waals surface area contributed by atoms with Crippen molar-refractivity contribution in [2.24, 2.45) is 0 Å². The number of nitrogens with one attached hydrogen (secondary N) is 2. The maximum absolute atomic E-state index is 10.9. The Kier molecular flexibility index (Phi) is 3.50. The van der Waals surface area contributed by atoms with Gasteiger partial charge in [-0.3, -0.25) is 0 Å². The number of benzene rings is 2. The van der Waals surface area contributed by atoms with E-state index < -0.39 is 5.97 Å². The minimum Gasteiger partial charge on any atom is -0.478 e. The number of aromatic amines is 1. The van der Waals surface area contributed by atoms with E-state index in [0.717, 1.165) is 11.1 Å². The molecule has 1 aromatic heterocycles. The summed E-state index contributed by atoms with van der Waals surface area (Å²) in [6.45, 7) is 0.600. The molecule has 0 fully saturated rings. The zero-order chi connectivity index (χ0) is 14.8. The SMILES string of the molecule is O=C(O)c1ccc2nc(NCc3ccc(Cl)cc3)[nH]c2c1. The van der Waals surface area contributed by atoms with Crippen LogP contribution in [0.2, 0.25) is 5.02 Å². The molecule has 0 aliphatic rings. The van der Waals surface area contributed by atoms with E-state index in [9.17, 15) is 4.79 Å². The Labute approximate surface area is 125 Å². The van der Waals surface area contributed by atoms with E-state index in [0.29, 0.717) is 23.0 Å². The van der Waals surface area contributed by atoms with Crippen LogP contribution in [0.1, 0.15) is 15.9 Å². The van der Waals surface area contributed by atoms with E-state index in [1.54, 1.807) is 12.1 Å². The lowest BCUT2D eigenvalue weighted by Gasteiger charge is -2.02. The lowest BCUT2D eigenvalue weighted by Crippen LogP contribution is -2.00. The van der Waals surface area contributed by atoms with E-state index in [1.165, 1.54) is 6.07 Å². The highest BCUT2D eigenvalue weighted by Gasteiger charge is 2.07. The zero-order valence-corrected chi connectivity index (χ0v) is 11.7. The quantitative estimate of drug-likeness (QED) is 0.689. The van der Waals surface area contributed by atoms with Gasteiger partial charge in [0, 0.05) is 11.6 Å².